The molecule has 0 aliphatic heterocycles. The number of ether oxygens (including phenoxy) is 2. The second kappa shape index (κ2) is 8.34. The lowest BCUT2D eigenvalue weighted by molar-refractivity contribution is -0.123. The monoisotopic (exact) mass is 357 g/mol. The van der Waals surface area contributed by atoms with E-state index in [1.54, 1.807) is 42.7 Å². The second-order valence-corrected chi connectivity index (χ2v) is 6.07. The lowest BCUT2D eigenvalue weighted by Crippen LogP contribution is -2.31. The van der Waals surface area contributed by atoms with Gasteiger partial charge in [0, 0.05) is 23.7 Å². The number of carbonyl (C=O) groups is 1. The number of rotatable bonds is 8. The molecule has 0 radical (unpaired) electrons. The summed E-state index contributed by atoms with van der Waals surface area (Å²) in [4.78, 5) is 11.8. The number of hydrogen-bond acceptors (Lipinski definition) is 5. The number of amides is 1. The van der Waals surface area contributed by atoms with Crippen molar-refractivity contribution in [2.75, 3.05) is 20.3 Å². The van der Waals surface area contributed by atoms with Gasteiger partial charge in [0.15, 0.2) is 6.61 Å². The molecule has 0 saturated carbocycles. The first-order valence-electron chi connectivity index (χ1n) is 7.84. The van der Waals surface area contributed by atoms with Gasteiger partial charge in [-0.3, -0.25) is 9.48 Å². The topological polar surface area (TPSA) is 65.4 Å². The fourth-order valence-electron chi connectivity index (χ4n) is 2.23. The molecule has 0 saturated heterocycles. The van der Waals surface area contributed by atoms with Crippen LogP contribution in [0.15, 0.2) is 53.4 Å². The van der Waals surface area contributed by atoms with Gasteiger partial charge in [-0.1, -0.05) is 0 Å². The molecular formula is C18H19N3O3S. The highest BCUT2D eigenvalue weighted by atomic mass is 32.1. The number of methoxy groups -OCH3 is 1. The third-order valence-electron chi connectivity index (χ3n) is 3.55. The summed E-state index contributed by atoms with van der Waals surface area (Å²) in [5.41, 5.74) is 2.05. The molecule has 3 rings (SSSR count). The summed E-state index contributed by atoms with van der Waals surface area (Å²) >= 11 is 1.64. The molecule has 0 spiro atoms. The van der Waals surface area contributed by atoms with Crippen molar-refractivity contribution < 1.29 is 14.3 Å². The molecule has 0 aliphatic rings. The van der Waals surface area contributed by atoms with E-state index in [1.165, 1.54) is 0 Å². The lowest BCUT2D eigenvalue weighted by Gasteiger charge is -2.08. The average Bonchev–Trinajstić information content (AvgIpc) is 3.32. The summed E-state index contributed by atoms with van der Waals surface area (Å²) in [7, 11) is 1.60. The van der Waals surface area contributed by atoms with Crippen molar-refractivity contribution >= 4 is 17.2 Å². The standard InChI is InChI=1S/C18H19N3O3S/c1-23-15-2-4-16(5-3-15)24-12-18(22)19-8-10-21-9-6-17(20-21)14-7-11-25-13-14/h2-7,9,11,13H,8,10,12H2,1H3,(H,19,22). The Morgan fingerprint density at radius 3 is 2.72 bits per heavy atom. The van der Waals surface area contributed by atoms with Gasteiger partial charge in [0.05, 0.1) is 19.3 Å². The minimum Gasteiger partial charge on any atom is -0.497 e. The fourth-order valence-corrected chi connectivity index (χ4v) is 2.88. The van der Waals surface area contributed by atoms with Crippen LogP contribution in [0.2, 0.25) is 0 Å². The molecule has 1 N–H and O–H groups in total. The molecule has 6 nitrogen and oxygen atoms in total. The van der Waals surface area contributed by atoms with Crippen LogP contribution in [0.3, 0.4) is 0 Å². The predicted octanol–water partition coefficient (Wildman–Crippen LogP) is 2.82. The normalized spacial score (nSPS) is 10.4. The maximum Gasteiger partial charge on any atom is 0.258 e. The summed E-state index contributed by atoms with van der Waals surface area (Å²) in [5.74, 6) is 1.21. The van der Waals surface area contributed by atoms with E-state index in [9.17, 15) is 4.79 Å². The second-order valence-electron chi connectivity index (χ2n) is 5.29. The van der Waals surface area contributed by atoms with Crippen LogP contribution in [0.25, 0.3) is 11.3 Å². The first-order valence-corrected chi connectivity index (χ1v) is 8.78. The molecule has 1 amide bonds. The van der Waals surface area contributed by atoms with Gasteiger partial charge in [0.1, 0.15) is 11.5 Å². The summed E-state index contributed by atoms with van der Waals surface area (Å²) in [6.07, 6.45) is 1.91. The van der Waals surface area contributed by atoms with Crippen molar-refractivity contribution in [3.63, 3.8) is 0 Å². The van der Waals surface area contributed by atoms with Gasteiger partial charge in [0.2, 0.25) is 0 Å². The molecule has 2 heterocycles. The van der Waals surface area contributed by atoms with E-state index in [1.807, 2.05) is 28.4 Å². The van der Waals surface area contributed by atoms with Crippen LogP contribution in [-0.2, 0) is 11.3 Å². The van der Waals surface area contributed by atoms with Crippen LogP contribution in [0.1, 0.15) is 0 Å². The molecule has 130 valence electrons. The van der Waals surface area contributed by atoms with Gasteiger partial charge in [0.25, 0.3) is 5.91 Å². The average molecular weight is 357 g/mol. The van der Waals surface area contributed by atoms with Gasteiger partial charge in [-0.05, 0) is 41.8 Å². The van der Waals surface area contributed by atoms with E-state index in [0.29, 0.717) is 18.8 Å². The molecule has 3 aromatic rings. The molecule has 2 aromatic heterocycles. The number of carbonyl (C=O) groups excluding carboxylic acids is 1. The molecule has 0 atom stereocenters. The summed E-state index contributed by atoms with van der Waals surface area (Å²) in [6.45, 7) is 1.08. The number of nitrogens with zero attached hydrogens (tertiary/aromatic N) is 2. The van der Waals surface area contributed by atoms with Crippen molar-refractivity contribution in [1.29, 1.82) is 0 Å². The van der Waals surface area contributed by atoms with E-state index < -0.39 is 0 Å². The lowest BCUT2D eigenvalue weighted by atomic mass is 10.2. The third-order valence-corrected chi connectivity index (χ3v) is 4.23. The zero-order valence-electron chi connectivity index (χ0n) is 13.8. The molecule has 0 aliphatic carbocycles. The minimum absolute atomic E-state index is 0.0222. The molecule has 0 bridgehead atoms. The zero-order valence-corrected chi connectivity index (χ0v) is 14.7. The van der Waals surface area contributed by atoms with Crippen LogP contribution < -0.4 is 14.8 Å². The van der Waals surface area contributed by atoms with Crippen molar-refractivity contribution in [1.82, 2.24) is 15.1 Å². The zero-order chi connectivity index (χ0) is 17.5. The summed E-state index contributed by atoms with van der Waals surface area (Å²) in [5, 5.41) is 11.4. The quantitative estimate of drug-likeness (QED) is 0.673. The number of hydrogen-bond donors (Lipinski definition) is 1. The Balaban J connectivity index is 1.39. The van der Waals surface area contributed by atoms with E-state index >= 15 is 0 Å². The highest BCUT2D eigenvalue weighted by molar-refractivity contribution is 7.08. The first kappa shape index (κ1) is 17.0. The highest BCUT2D eigenvalue weighted by Gasteiger charge is 2.05. The number of thiophene rings is 1. The minimum atomic E-state index is -0.166. The van der Waals surface area contributed by atoms with Crippen LogP contribution in [0, 0.1) is 0 Å². The van der Waals surface area contributed by atoms with Crippen molar-refractivity contribution in [3.8, 4) is 22.8 Å². The Morgan fingerprint density at radius 2 is 2.00 bits per heavy atom. The van der Waals surface area contributed by atoms with Gasteiger partial charge in [-0.25, -0.2) is 0 Å². The van der Waals surface area contributed by atoms with E-state index in [4.69, 9.17) is 9.47 Å². The number of aromatic nitrogens is 2. The Kier molecular flexibility index (Phi) is 5.69. The van der Waals surface area contributed by atoms with E-state index in [2.05, 4.69) is 15.8 Å². The van der Waals surface area contributed by atoms with Gasteiger partial charge in [-0.2, -0.15) is 16.4 Å². The van der Waals surface area contributed by atoms with Gasteiger partial charge in [-0.15, -0.1) is 0 Å². The molecular weight excluding hydrogens is 338 g/mol. The van der Waals surface area contributed by atoms with Crippen molar-refractivity contribution in [2.24, 2.45) is 0 Å². The molecule has 25 heavy (non-hydrogen) atoms. The third kappa shape index (κ3) is 4.84. The molecule has 7 heteroatoms. The first-order chi connectivity index (χ1) is 12.2. The van der Waals surface area contributed by atoms with Crippen LogP contribution in [0.5, 0.6) is 11.5 Å². The number of nitrogens with one attached hydrogen (secondary N) is 1. The maximum atomic E-state index is 11.8. The molecule has 0 fully saturated rings. The van der Waals surface area contributed by atoms with E-state index in [-0.39, 0.29) is 12.5 Å². The maximum absolute atomic E-state index is 11.8. The highest BCUT2D eigenvalue weighted by Crippen LogP contribution is 2.19. The SMILES string of the molecule is COc1ccc(OCC(=O)NCCn2ccc(-c3ccsc3)n2)cc1. The van der Waals surface area contributed by atoms with Gasteiger partial charge < -0.3 is 14.8 Å². The Labute approximate surface area is 150 Å². The van der Waals surface area contributed by atoms with Crippen LogP contribution in [0.4, 0.5) is 0 Å². The van der Waals surface area contributed by atoms with Crippen molar-refractivity contribution in [2.45, 2.75) is 6.54 Å². The Morgan fingerprint density at radius 1 is 1.20 bits per heavy atom. The van der Waals surface area contributed by atoms with Crippen molar-refractivity contribution in [3.05, 3.63) is 53.4 Å². The molecule has 0 unspecified atom stereocenters. The molecule has 1 aromatic carbocycles. The van der Waals surface area contributed by atoms with Crippen LogP contribution >= 0.6 is 11.3 Å². The van der Waals surface area contributed by atoms with Gasteiger partial charge >= 0.3 is 0 Å². The number of benzene rings is 1. The Hall–Kier alpha value is -2.80. The van der Waals surface area contributed by atoms with Crippen LogP contribution in [-0.4, -0.2) is 35.9 Å². The summed E-state index contributed by atoms with van der Waals surface area (Å²) < 4.78 is 12.3. The predicted molar refractivity (Wildman–Crippen MR) is 97.0 cm³/mol. The van der Waals surface area contributed by atoms with E-state index in [0.717, 1.165) is 17.0 Å². The summed E-state index contributed by atoms with van der Waals surface area (Å²) in [6, 6.07) is 11.1. The smallest absolute Gasteiger partial charge is 0.258 e. The fraction of sp³-hybridized carbons (Fsp3) is 0.222. The largest absolute Gasteiger partial charge is 0.497 e. The Bertz CT molecular complexity index is 797.